The van der Waals surface area contributed by atoms with Crippen molar-refractivity contribution in [2.24, 2.45) is 0 Å². The summed E-state index contributed by atoms with van der Waals surface area (Å²) in [4.78, 5) is 62.7. The number of nitrogens with one attached hydrogen (secondary N) is 2. The van der Waals surface area contributed by atoms with Gasteiger partial charge in [-0.15, -0.1) is 0 Å². The molecule has 62 heavy (non-hydrogen) atoms. The third-order valence-corrected chi connectivity index (χ3v) is 11.3. The largest absolute Gasteiger partial charge is 0.333 e. The number of hydrogen-bond acceptors (Lipinski definition) is 7. The average Bonchev–Trinajstić information content (AvgIpc) is 3.74. The monoisotopic (exact) mass is 843 g/mol. The Balaban J connectivity index is 0.923. The Bertz CT molecular complexity index is 2440. The Morgan fingerprint density at radius 2 is 0.952 bits per heavy atom. The normalized spacial score (nSPS) is 18.6. The Kier molecular flexibility index (Phi) is 11.2. The Labute approximate surface area is 353 Å². The zero-order chi connectivity index (χ0) is 43.8. The molecule has 0 unspecified atom stereocenters. The quantitative estimate of drug-likeness (QED) is 0.163. The number of carbonyl (C=O) groups excluding carboxylic acids is 4. The third-order valence-electron chi connectivity index (χ3n) is 11.3. The smallest absolute Gasteiger partial charge is 0.327 e. The molecular formula is C45H37F4N9O4. The molecule has 0 aromatic heterocycles. The van der Waals surface area contributed by atoms with Crippen LogP contribution in [-0.2, 0) is 9.59 Å². The lowest BCUT2D eigenvalue weighted by Gasteiger charge is -2.33. The number of urea groups is 2. The van der Waals surface area contributed by atoms with Crippen LogP contribution in [0.2, 0.25) is 0 Å². The maximum Gasteiger partial charge on any atom is 0.327 e. The summed E-state index contributed by atoms with van der Waals surface area (Å²) in [5, 5.41) is 24.2. The van der Waals surface area contributed by atoms with Gasteiger partial charge in [-0.1, -0.05) is 24.3 Å². The molecule has 0 spiro atoms. The molecule has 4 aliphatic rings. The number of carbonyl (C=O) groups is 4. The number of halogens is 4. The number of hydrogen-bond donors (Lipinski definition) is 2. The van der Waals surface area contributed by atoms with Gasteiger partial charge in [0.2, 0.25) is 0 Å². The molecule has 4 heterocycles. The molecule has 314 valence electrons. The summed E-state index contributed by atoms with van der Waals surface area (Å²) in [6.45, 7) is 1.64. The summed E-state index contributed by atoms with van der Waals surface area (Å²) in [7, 11) is 1.89. The first-order chi connectivity index (χ1) is 29.8. The summed E-state index contributed by atoms with van der Waals surface area (Å²) in [5.41, 5.74) is 2.82. The molecule has 2 N–H and O–H groups in total. The molecule has 0 fully saturated rings. The van der Waals surface area contributed by atoms with Crippen LogP contribution in [0.5, 0.6) is 0 Å². The second-order valence-corrected chi connectivity index (χ2v) is 15.3. The van der Waals surface area contributed by atoms with Crippen LogP contribution < -0.4 is 20.4 Å². The standard InChI is InChI=1S/C45H37F4N9O4/c1-54(12-2-14-55-24-36-38(42(55)59)40(28-8-4-26(22-50)5-9-28)52-44(61)57(36)34-18-30(46)16-31(47)19-34)13-3-15-56-25-37-39(43(56)60)41(29-10-6-27(23-51)7-11-29)53-45(62)58(37)35-20-32(48)17-33(49)21-35/h4-11,16-21,40-41H,2-3,12-15,24-25H2,1H3,(H,52,61)(H,53,62)/t40-,41-/m1/s1. The van der Waals surface area contributed by atoms with Crippen LogP contribution >= 0.6 is 0 Å². The van der Waals surface area contributed by atoms with Gasteiger partial charge in [0.25, 0.3) is 11.8 Å². The zero-order valence-corrected chi connectivity index (χ0v) is 33.2. The van der Waals surface area contributed by atoms with Gasteiger partial charge in [0, 0.05) is 25.2 Å². The highest BCUT2D eigenvalue weighted by Crippen LogP contribution is 2.41. The maximum atomic E-state index is 14.4. The van der Waals surface area contributed by atoms with Crippen LogP contribution in [-0.4, -0.2) is 84.9 Å². The van der Waals surface area contributed by atoms with E-state index in [0.29, 0.717) is 60.3 Å². The fourth-order valence-corrected chi connectivity index (χ4v) is 8.41. The molecular weight excluding hydrogens is 807 g/mol. The number of amides is 6. The van der Waals surface area contributed by atoms with Crippen LogP contribution in [0, 0.1) is 45.9 Å². The molecule has 0 aliphatic carbocycles. The van der Waals surface area contributed by atoms with Crippen molar-refractivity contribution in [2.75, 3.05) is 56.1 Å². The van der Waals surface area contributed by atoms with Crippen molar-refractivity contribution in [2.45, 2.75) is 24.9 Å². The minimum absolute atomic E-state index is 0.00501. The minimum atomic E-state index is -0.889. The van der Waals surface area contributed by atoms with E-state index in [4.69, 9.17) is 0 Å². The first kappa shape index (κ1) is 41.2. The molecule has 0 bridgehead atoms. The van der Waals surface area contributed by atoms with Gasteiger partial charge in [-0.05, 0) is 92.6 Å². The van der Waals surface area contributed by atoms with Gasteiger partial charge in [0.15, 0.2) is 0 Å². The molecule has 6 amide bonds. The molecule has 17 heteroatoms. The number of rotatable bonds is 12. The first-order valence-corrected chi connectivity index (χ1v) is 19.7. The summed E-state index contributed by atoms with van der Waals surface area (Å²) in [6.07, 6.45) is 1.02. The van der Waals surface area contributed by atoms with Crippen LogP contribution in [0.25, 0.3) is 0 Å². The van der Waals surface area contributed by atoms with E-state index in [-0.39, 0.29) is 71.9 Å². The van der Waals surface area contributed by atoms with Crippen LogP contribution in [0.4, 0.5) is 38.5 Å². The van der Waals surface area contributed by atoms with Crippen molar-refractivity contribution in [3.8, 4) is 12.1 Å². The number of nitrogens with zero attached hydrogens (tertiary/aromatic N) is 7. The first-order valence-electron chi connectivity index (χ1n) is 19.7. The Morgan fingerprint density at radius 1 is 0.597 bits per heavy atom. The van der Waals surface area contributed by atoms with E-state index in [1.165, 1.54) is 0 Å². The Hall–Kier alpha value is -7.50. The van der Waals surface area contributed by atoms with Gasteiger partial charge < -0.3 is 25.3 Å². The molecule has 0 radical (unpaired) electrons. The van der Waals surface area contributed by atoms with Crippen molar-refractivity contribution in [3.05, 3.63) is 153 Å². The van der Waals surface area contributed by atoms with Gasteiger partial charge in [-0.3, -0.25) is 19.4 Å². The molecule has 4 aromatic carbocycles. The lowest BCUT2D eigenvalue weighted by atomic mass is 9.94. The van der Waals surface area contributed by atoms with E-state index in [1.807, 2.05) is 24.1 Å². The number of benzene rings is 4. The van der Waals surface area contributed by atoms with Gasteiger partial charge in [0.05, 0.1) is 82.4 Å². The minimum Gasteiger partial charge on any atom is -0.333 e. The summed E-state index contributed by atoms with van der Waals surface area (Å²) in [6, 6.07) is 19.3. The maximum absolute atomic E-state index is 14.4. The lowest BCUT2D eigenvalue weighted by Crippen LogP contribution is -2.47. The van der Waals surface area contributed by atoms with Gasteiger partial charge >= 0.3 is 12.1 Å². The average molecular weight is 844 g/mol. The molecule has 0 saturated carbocycles. The predicted molar refractivity (Wildman–Crippen MR) is 216 cm³/mol. The number of anilines is 2. The molecule has 4 aromatic rings. The van der Waals surface area contributed by atoms with Crippen molar-refractivity contribution in [1.82, 2.24) is 25.3 Å². The molecule has 13 nitrogen and oxygen atoms in total. The van der Waals surface area contributed by atoms with Crippen molar-refractivity contribution in [3.63, 3.8) is 0 Å². The van der Waals surface area contributed by atoms with E-state index < -0.39 is 47.4 Å². The van der Waals surface area contributed by atoms with E-state index in [0.717, 1.165) is 34.1 Å². The molecule has 0 saturated heterocycles. The van der Waals surface area contributed by atoms with Crippen LogP contribution in [0.15, 0.2) is 107 Å². The van der Waals surface area contributed by atoms with Crippen molar-refractivity contribution < 1.29 is 36.7 Å². The molecule has 4 aliphatic heterocycles. The summed E-state index contributed by atoms with van der Waals surface area (Å²) in [5.74, 6) is -4.27. The summed E-state index contributed by atoms with van der Waals surface area (Å²) >= 11 is 0. The van der Waals surface area contributed by atoms with E-state index in [1.54, 1.807) is 58.3 Å². The van der Waals surface area contributed by atoms with E-state index in [9.17, 15) is 47.3 Å². The van der Waals surface area contributed by atoms with Gasteiger partial charge in [-0.2, -0.15) is 10.5 Å². The van der Waals surface area contributed by atoms with E-state index >= 15 is 0 Å². The SMILES string of the molecule is CN(CCCN1CC2=C(C1=O)[C@@H](c1ccc(C#N)cc1)NC(=O)N2c1cc(F)cc(F)c1)CCCN1CC2=C(C1=O)[C@@H](c1ccc(C#N)cc1)NC(=O)N2c1cc(F)cc(F)c1. The topological polar surface area (TPSA) is 156 Å². The predicted octanol–water partition coefficient (Wildman–Crippen LogP) is 6.13. The lowest BCUT2D eigenvalue weighted by molar-refractivity contribution is -0.126. The number of nitriles is 2. The fourth-order valence-electron chi connectivity index (χ4n) is 8.41. The highest BCUT2D eigenvalue weighted by molar-refractivity contribution is 6.08. The summed E-state index contributed by atoms with van der Waals surface area (Å²) < 4.78 is 57.4. The van der Waals surface area contributed by atoms with Crippen LogP contribution in [0.3, 0.4) is 0 Å². The second-order valence-electron chi connectivity index (χ2n) is 15.3. The molecule has 2 atom stereocenters. The van der Waals surface area contributed by atoms with Crippen LogP contribution in [0.1, 0.15) is 47.2 Å². The Morgan fingerprint density at radius 3 is 1.29 bits per heavy atom. The van der Waals surface area contributed by atoms with Gasteiger partial charge in [-0.25, -0.2) is 27.2 Å². The van der Waals surface area contributed by atoms with E-state index in [2.05, 4.69) is 10.6 Å². The fraction of sp³-hybridized carbons (Fsp3) is 0.244. The third kappa shape index (κ3) is 7.93. The second kappa shape index (κ2) is 16.9. The highest BCUT2D eigenvalue weighted by atomic mass is 19.1. The zero-order valence-electron chi connectivity index (χ0n) is 33.2. The molecule has 8 rings (SSSR count). The van der Waals surface area contributed by atoms with Gasteiger partial charge in [0.1, 0.15) is 23.3 Å². The van der Waals surface area contributed by atoms with Crippen molar-refractivity contribution in [1.29, 1.82) is 10.5 Å². The van der Waals surface area contributed by atoms with Crippen molar-refractivity contribution >= 4 is 35.3 Å². The highest BCUT2D eigenvalue weighted by Gasteiger charge is 2.46.